The van der Waals surface area contributed by atoms with Crippen molar-refractivity contribution in [3.05, 3.63) is 54.1 Å². The first kappa shape index (κ1) is 12.2. The number of carbonyl (C=O) groups excluding carboxylic acids is 1. The Morgan fingerprint density at radius 1 is 1.39 bits per heavy atom. The minimum absolute atomic E-state index is 0.250. The third kappa shape index (κ3) is 2.89. The van der Waals surface area contributed by atoms with E-state index in [4.69, 9.17) is 0 Å². The molecule has 0 aliphatic heterocycles. The lowest BCUT2D eigenvalue weighted by atomic mass is 10.1. The highest BCUT2D eigenvalue weighted by molar-refractivity contribution is 6.02. The monoisotopic (exact) mass is 243 g/mol. The zero-order valence-corrected chi connectivity index (χ0v) is 9.87. The van der Waals surface area contributed by atoms with Crippen LogP contribution in [0.15, 0.2) is 42.9 Å². The maximum Gasteiger partial charge on any atom is 0.275 e. The molecule has 0 fully saturated rings. The summed E-state index contributed by atoms with van der Waals surface area (Å²) in [6.07, 6.45) is 3.79. The summed E-state index contributed by atoms with van der Waals surface area (Å²) in [5.41, 5.74) is 1.61. The Bertz CT molecular complexity index is 541. The van der Waals surface area contributed by atoms with Crippen molar-refractivity contribution in [2.75, 3.05) is 5.32 Å². The van der Waals surface area contributed by atoms with Crippen LogP contribution in [0.5, 0.6) is 0 Å². The maximum absolute atomic E-state index is 11.8. The van der Waals surface area contributed by atoms with Gasteiger partial charge in [-0.25, -0.2) is 4.98 Å². The van der Waals surface area contributed by atoms with Crippen LogP contribution in [0.4, 0.5) is 5.69 Å². The average molecular weight is 243 g/mol. The van der Waals surface area contributed by atoms with Crippen LogP contribution in [0.3, 0.4) is 0 Å². The highest BCUT2D eigenvalue weighted by Gasteiger charge is 2.08. The zero-order chi connectivity index (χ0) is 13.0. The first-order valence-electron chi connectivity index (χ1n) is 5.52. The molecule has 0 saturated carbocycles. The van der Waals surface area contributed by atoms with Crippen LogP contribution in [0.2, 0.25) is 0 Å². The first-order chi connectivity index (χ1) is 8.66. The van der Waals surface area contributed by atoms with Crippen LogP contribution in [0, 0.1) is 0 Å². The fourth-order valence-corrected chi connectivity index (χ4v) is 1.49. The van der Waals surface area contributed by atoms with E-state index in [0.29, 0.717) is 5.69 Å². The number of hydrogen-bond acceptors (Lipinski definition) is 4. The first-order valence-corrected chi connectivity index (χ1v) is 5.52. The van der Waals surface area contributed by atoms with Gasteiger partial charge in [0.15, 0.2) is 0 Å². The van der Waals surface area contributed by atoms with E-state index in [9.17, 15) is 9.90 Å². The molecule has 0 aliphatic rings. The minimum atomic E-state index is -0.571. The molecule has 1 atom stereocenters. The molecule has 1 unspecified atom stereocenters. The summed E-state index contributed by atoms with van der Waals surface area (Å²) in [7, 11) is 0. The maximum atomic E-state index is 11.8. The number of nitrogens with one attached hydrogen (secondary N) is 1. The summed E-state index contributed by atoms with van der Waals surface area (Å²) in [6, 6.07) is 7.04. The Kier molecular flexibility index (Phi) is 3.64. The molecule has 0 spiro atoms. The molecule has 5 heteroatoms. The summed E-state index contributed by atoms with van der Waals surface area (Å²) < 4.78 is 0. The molecule has 2 N–H and O–H groups in total. The largest absolute Gasteiger partial charge is 0.389 e. The topological polar surface area (TPSA) is 75.1 Å². The van der Waals surface area contributed by atoms with Crippen LogP contribution >= 0.6 is 0 Å². The molecule has 18 heavy (non-hydrogen) atoms. The van der Waals surface area contributed by atoms with Gasteiger partial charge in [-0.15, -0.1) is 0 Å². The SMILES string of the molecule is CC(O)c1cccc(NC(=O)c2cnccn2)c1. The van der Waals surface area contributed by atoms with E-state index in [1.807, 2.05) is 0 Å². The number of benzene rings is 1. The summed E-state index contributed by atoms with van der Waals surface area (Å²) in [4.78, 5) is 19.6. The van der Waals surface area contributed by atoms with E-state index in [2.05, 4.69) is 15.3 Å². The highest BCUT2D eigenvalue weighted by Crippen LogP contribution is 2.17. The molecular weight excluding hydrogens is 230 g/mol. The Morgan fingerprint density at radius 3 is 2.89 bits per heavy atom. The molecule has 1 heterocycles. The van der Waals surface area contributed by atoms with E-state index in [1.165, 1.54) is 18.6 Å². The van der Waals surface area contributed by atoms with Gasteiger partial charge in [-0.3, -0.25) is 9.78 Å². The van der Waals surface area contributed by atoms with E-state index in [-0.39, 0.29) is 11.6 Å². The molecule has 1 aromatic carbocycles. The van der Waals surface area contributed by atoms with Gasteiger partial charge in [0, 0.05) is 18.1 Å². The van der Waals surface area contributed by atoms with E-state index < -0.39 is 6.10 Å². The average Bonchev–Trinajstić information content (AvgIpc) is 2.40. The van der Waals surface area contributed by atoms with E-state index in [1.54, 1.807) is 31.2 Å². The van der Waals surface area contributed by atoms with Gasteiger partial charge in [-0.05, 0) is 24.6 Å². The van der Waals surface area contributed by atoms with Crippen LogP contribution in [-0.2, 0) is 0 Å². The molecule has 0 aliphatic carbocycles. The van der Waals surface area contributed by atoms with Gasteiger partial charge >= 0.3 is 0 Å². The molecule has 2 rings (SSSR count). The number of rotatable bonds is 3. The van der Waals surface area contributed by atoms with Crippen LogP contribution < -0.4 is 5.32 Å². The molecule has 92 valence electrons. The number of anilines is 1. The van der Waals surface area contributed by atoms with Crippen molar-refractivity contribution in [2.45, 2.75) is 13.0 Å². The van der Waals surface area contributed by atoms with Crippen molar-refractivity contribution in [1.82, 2.24) is 9.97 Å². The number of aliphatic hydroxyl groups excluding tert-OH is 1. The number of aromatic nitrogens is 2. The van der Waals surface area contributed by atoms with Crippen molar-refractivity contribution >= 4 is 11.6 Å². The molecule has 5 nitrogen and oxygen atoms in total. The Balaban J connectivity index is 2.15. The van der Waals surface area contributed by atoms with E-state index in [0.717, 1.165) is 5.56 Å². The number of amides is 1. The summed E-state index contributed by atoms with van der Waals surface area (Å²) in [5.74, 6) is -0.328. The Morgan fingerprint density at radius 2 is 2.22 bits per heavy atom. The van der Waals surface area contributed by atoms with Gasteiger partial charge in [-0.1, -0.05) is 12.1 Å². The third-order valence-electron chi connectivity index (χ3n) is 2.42. The fraction of sp³-hybridized carbons (Fsp3) is 0.154. The molecule has 2 aromatic rings. The zero-order valence-electron chi connectivity index (χ0n) is 9.87. The lowest BCUT2D eigenvalue weighted by Crippen LogP contribution is -2.13. The minimum Gasteiger partial charge on any atom is -0.389 e. The predicted octanol–water partition coefficient (Wildman–Crippen LogP) is 1.78. The quantitative estimate of drug-likeness (QED) is 0.861. The van der Waals surface area contributed by atoms with Crippen molar-refractivity contribution in [1.29, 1.82) is 0 Å². The molecule has 1 aromatic heterocycles. The number of nitrogens with zero attached hydrogens (tertiary/aromatic N) is 2. The second kappa shape index (κ2) is 5.37. The number of aliphatic hydroxyl groups is 1. The van der Waals surface area contributed by atoms with Gasteiger partial charge < -0.3 is 10.4 Å². The van der Waals surface area contributed by atoms with Crippen molar-refractivity contribution in [2.24, 2.45) is 0 Å². The molecule has 1 amide bonds. The van der Waals surface area contributed by atoms with Gasteiger partial charge in [0.2, 0.25) is 0 Å². The van der Waals surface area contributed by atoms with Crippen LogP contribution in [0.25, 0.3) is 0 Å². The van der Waals surface area contributed by atoms with E-state index >= 15 is 0 Å². The lowest BCUT2D eigenvalue weighted by molar-refractivity contribution is 0.102. The third-order valence-corrected chi connectivity index (χ3v) is 2.42. The van der Waals surface area contributed by atoms with Gasteiger partial charge in [0.05, 0.1) is 12.3 Å². The number of hydrogen-bond donors (Lipinski definition) is 2. The van der Waals surface area contributed by atoms with Gasteiger partial charge in [0.25, 0.3) is 5.91 Å². The second-order valence-corrected chi connectivity index (χ2v) is 3.85. The Labute approximate surface area is 105 Å². The van der Waals surface area contributed by atoms with Gasteiger partial charge in [0.1, 0.15) is 5.69 Å². The smallest absolute Gasteiger partial charge is 0.275 e. The van der Waals surface area contributed by atoms with Gasteiger partial charge in [-0.2, -0.15) is 0 Å². The molecule has 0 saturated heterocycles. The fourth-order valence-electron chi connectivity index (χ4n) is 1.49. The normalized spacial score (nSPS) is 11.9. The van der Waals surface area contributed by atoms with Crippen LogP contribution in [-0.4, -0.2) is 21.0 Å². The molecular formula is C13H13N3O2. The molecule has 0 bridgehead atoms. The summed E-state index contributed by atoms with van der Waals surface area (Å²) >= 11 is 0. The summed E-state index contributed by atoms with van der Waals surface area (Å²) in [5, 5.41) is 12.2. The number of carbonyl (C=O) groups is 1. The van der Waals surface area contributed by atoms with Crippen molar-refractivity contribution in [3.8, 4) is 0 Å². The lowest BCUT2D eigenvalue weighted by Gasteiger charge is -2.08. The Hall–Kier alpha value is -2.27. The van der Waals surface area contributed by atoms with Crippen molar-refractivity contribution in [3.63, 3.8) is 0 Å². The second-order valence-electron chi connectivity index (χ2n) is 3.85. The summed E-state index contributed by atoms with van der Waals surface area (Å²) in [6.45, 7) is 1.67. The predicted molar refractivity (Wildman–Crippen MR) is 67.1 cm³/mol. The molecule has 0 radical (unpaired) electrons. The van der Waals surface area contributed by atoms with Crippen molar-refractivity contribution < 1.29 is 9.90 Å². The van der Waals surface area contributed by atoms with Crippen LogP contribution in [0.1, 0.15) is 29.1 Å². The standard InChI is InChI=1S/C13H13N3O2/c1-9(17)10-3-2-4-11(7-10)16-13(18)12-8-14-5-6-15-12/h2-9,17H,1H3,(H,16,18). The highest BCUT2D eigenvalue weighted by atomic mass is 16.3.